The van der Waals surface area contributed by atoms with Gasteiger partial charge in [0.2, 0.25) is 0 Å². The Morgan fingerprint density at radius 2 is 0.979 bits per heavy atom. The first-order chi connectivity index (χ1) is 23.1. The SMILES string of the molecule is OB(O)c1c2ccccc2c(-c2ccc3cc4c(cc3c2)C2(c3cc5ccccc5cc3-4)C3CC4CC(C3)CC2C4)c2ccccc12. The van der Waals surface area contributed by atoms with Gasteiger partial charge in [-0.2, -0.15) is 0 Å². The van der Waals surface area contributed by atoms with E-state index >= 15 is 0 Å². The van der Waals surface area contributed by atoms with Crippen LogP contribution in [0.15, 0.2) is 115 Å². The zero-order valence-corrected chi connectivity index (χ0v) is 26.3. The van der Waals surface area contributed by atoms with E-state index in [-0.39, 0.29) is 5.41 Å². The number of rotatable bonds is 2. The zero-order valence-electron chi connectivity index (χ0n) is 26.3. The van der Waals surface area contributed by atoms with Crippen LogP contribution < -0.4 is 5.46 Å². The maximum Gasteiger partial charge on any atom is 0.489 e. The van der Waals surface area contributed by atoms with Gasteiger partial charge in [-0.05, 0) is 168 Å². The maximum absolute atomic E-state index is 10.5. The number of benzene rings is 7. The summed E-state index contributed by atoms with van der Waals surface area (Å²) in [6.07, 6.45) is 6.95. The maximum atomic E-state index is 10.5. The molecule has 1 spiro atoms. The van der Waals surface area contributed by atoms with Gasteiger partial charge in [0.25, 0.3) is 0 Å². The third-order valence-electron chi connectivity index (χ3n) is 13.0. The fraction of sp³-hybridized carbons (Fsp3) is 0.227. The van der Waals surface area contributed by atoms with Crippen molar-refractivity contribution in [3.8, 4) is 22.3 Å². The van der Waals surface area contributed by atoms with Gasteiger partial charge in [-0.1, -0.05) is 84.9 Å². The quantitative estimate of drug-likeness (QED) is 0.152. The first-order valence-electron chi connectivity index (χ1n) is 17.5. The highest BCUT2D eigenvalue weighted by Crippen LogP contribution is 2.69. The van der Waals surface area contributed by atoms with Crippen LogP contribution >= 0.6 is 0 Å². The summed E-state index contributed by atoms with van der Waals surface area (Å²) in [5.74, 6) is 3.24. The second-order valence-corrected chi connectivity index (χ2v) is 15.1. The normalized spacial score (nSPS) is 25.3. The molecule has 4 bridgehead atoms. The molecule has 0 amide bonds. The van der Waals surface area contributed by atoms with Crippen LogP contribution in [0, 0.1) is 23.7 Å². The largest absolute Gasteiger partial charge is 0.489 e. The van der Waals surface area contributed by atoms with Crippen LogP contribution in [0.2, 0.25) is 0 Å². The van der Waals surface area contributed by atoms with Crippen molar-refractivity contribution >= 4 is 55.7 Å². The predicted octanol–water partition coefficient (Wildman–Crippen LogP) is 9.37. The molecule has 0 aromatic heterocycles. The number of hydrogen-bond acceptors (Lipinski definition) is 2. The molecule has 7 aromatic carbocycles. The molecule has 4 saturated carbocycles. The Bertz CT molecular complexity index is 2390. The average molecular weight is 607 g/mol. The highest BCUT2D eigenvalue weighted by atomic mass is 16.4. The molecule has 0 aliphatic heterocycles. The van der Waals surface area contributed by atoms with Crippen molar-refractivity contribution in [1.29, 1.82) is 0 Å². The first kappa shape index (κ1) is 26.6. The van der Waals surface area contributed by atoms with Gasteiger partial charge in [-0.15, -0.1) is 0 Å². The molecule has 2 N–H and O–H groups in total. The lowest BCUT2D eigenvalue weighted by molar-refractivity contribution is -0.0398. The summed E-state index contributed by atoms with van der Waals surface area (Å²) in [5, 5.41) is 30.2. The summed E-state index contributed by atoms with van der Waals surface area (Å²) in [4.78, 5) is 0. The molecule has 3 heteroatoms. The van der Waals surface area contributed by atoms with Crippen LogP contribution in [0.1, 0.15) is 43.2 Å². The first-order valence-corrected chi connectivity index (χ1v) is 17.5. The Balaban J connectivity index is 1.19. The van der Waals surface area contributed by atoms with Gasteiger partial charge in [-0.25, -0.2) is 0 Å². The topological polar surface area (TPSA) is 40.5 Å². The van der Waals surface area contributed by atoms with E-state index in [4.69, 9.17) is 0 Å². The minimum absolute atomic E-state index is 0.102. The smallest absolute Gasteiger partial charge is 0.423 e. The van der Waals surface area contributed by atoms with Crippen molar-refractivity contribution in [3.05, 3.63) is 126 Å². The Morgan fingerprint density at radius 1 is 0.489 bits per heavy atom. The van der Waals surface area contributed by atoms with Crippen molar-refractivity contribution in [3.63, 3.8) is 0 Å². The highest BCUT2D eigenvalue weighted by Gasteiger charge is 2.61. The summed E-state index contributed by atoms with van der Waals surface area (Å²) in [7, 11) is -1.55. The van der Waals surface area contributed by atoms with Crippen LogP contribution in [-0.2, 0) is 5.41 Å². The lowest BCUT2D eigenvalue weighted by Gasteiger charge is -2.61. The summed E-state index contributed by atoms with van der Waals surface area (Å²) >= 11 is 0. The van der Waals surface area contributed by atoms with E-state index < -0.39 is 7.12 Å². The lowest BCUT2D eigenvalue weighted by Crippen LogP contribution is -2.55. The van der Waals surface area contributed by atoms with E-state index in [9.17, 15) is 10.0 Å². The van der Waals surface area contributed by atoms with Crippen LogP contribution in [0.5, 0.6) is 0 Å². The molecule has 12 rings (SSSR count). The molecule has 226 valence electrons. The van der Waals surface area contributed by atoms with E-state index in [1.807, 2.05) is 24.3 Å². The fourth-order valence-corrected chi connectivity index (χ4v) is 11.5. The van der Waals surface area contributed by atoms with E-state index in [1.165, 1.54) is 70.3 Å². The molecule has 7 aromatic rings. The molecule has 0 unspecified atom stereocenters. The molecule has 5 aliphatic rings. The summed E-state index contributed by atoms with van der Waals surface area (Å²) in [6, 6.07) is 42.5. The van der Waals surface area contributed by atoms with Crippen molar-refractivity contribution in [2.45, 2.75) is 37.5 Å². The van der Waals surface area contributed by atoms with Crippen LogP contribution in [0.4, 0.5) is 0 Å². The summed E-state index contributed by atoms with van der Waals surface area (Å²) in [6.45, 7) is 0. The molecule has 0 heterocycles. The van der Waals surface area contributed by atoms with Crippen molar-refractivity contribution in [2.75, 3.05) is 0 Å². The van der Waals surface area contributed by atoms with Gasteiger partial charge in [0.1, 0.15) is 0 Å². The van der Waals surface area contributed by atoms with Crippen molar-refractivity contribution < 1.29 is 10.0 Å². The Kier molecular flexibility index (Phi) is 5.29. The average Bonchev–Trinajstić information content (AvgIpc) is 3.35. The molecule has 0 atom stereocenters. The van der Waals surface area contributed by atoms with E-state index in [2.05, 4.69) is 91.0 Å². The van der Waals surface area contributed by atoms with Gasteiger partial charge >= 0.3 is 7.12 Å². The molecule has 4 fully saturated rings. The van der Waals surface area contributed by atoms with Gasteiger partial charge in [-0.3, -0.25) is 0 Å². The predicted molar refractivity (Wildman–Crippen MR) is 195 cm³/mol. The number of hydrogen-bond donors (Lipinski definition) is 2. The Labute approximate surface area is 274 Å². The van der Waals surface area contributed by atoms with E-state index in [0.29, 0.717) is 17.3 Å². The molecule has 5 aliphatic carbocycles. The fourth-order valence-electron chi connectivity index (χ4n) is 11.5. The highest BCUT2D eigenvalue weighted by molar-refractivity contribution is 6.66. The van der Waals surface area contributed by atoms with Crippen molar-refractivity contribution in [2.24, 2.45) is 23.7 Å². The zero-order chi connectivity index (χ0) is 31.0. The third kappa shape index (κ3) is 3.44. The molecular weight excluding hydrogens is 571 g/mol. The third-order valence-corrected chi connectivity index (χ3v) is 13.0. The minimum Gasteiger partial charge on any atom is -0.423 e. The minimum atomic E-state index is -1.55. The van der Waals surface area contributed by atoms with E-state index in [1.54, 1.807) is 11.1 Å². The Hall–Kier alpha value is -4.44. The van der Waals surface area contributed by atoms with E-state index in [0.717, 1.165) is 38.9 Å². The van der Waals surface area contributed by atoms with Gasteiger partial charge in [0, 0.05) is 5.41 Å². The van der Waals surface area contributed by atoms with Gasteiger partial charge < -0.3 is 10.0 Å². The standard InChI is InChI=1S/C44H35BO2/c46-45(47)43-36-11-5-3-9-34(36)42(35-10-4-6-12-37(35)43)30-14-13-29-22-39-38-21-27-7-1-2-8-28(27)23-40(38)44(41(39)24-31(29)20-30)32-16-25-15-26(18-32)19-33(44)17-25/h1-14,20-26,32-33,46-47H,15-19H2. The van der Waals surface area contributed by atoms with Crippen LogP contribution in [0.25, 0.3) is 65.3 Å². The molecule has 2 nitrogen and oxygen atoms in total. The second-order valence-electron chi connectivity index (χ2n) is 15.1. The molecular formula is C44H35BO2. The van der Waals surface area contributed by atoms with Gasteiger partial charge in [0.15, 0.2) is 0 Å². The lowest BCUT2D eigenvalue weighted by atomic mass is 9.43. The van der Waals surface area contributed by atoms with Crippen LogP contribution in [-0.4, -0.2) is 17.2 Å². The van der Waals surface area contributed by atoms with Crippen molar-refractivity contribution in [1.82, 2.24) is 0 Å². The second kappa shape index (κ2) is 9.34. The van der Waals surface area contributed by atoms with Gasteiger partial charge in [0.05, 0.1) is 0 Å². The molecule has 0 saturated heterocycles. The van der Waals surface area contributed by atoms with Crippen LogP contribution in [0.3, 0.4) is 0 Å². The number of fused-ring (bicyclic) bond motifs is 7. The Morgan fingerprint density at radius 3 is 1.55 bits per heavy atom. The summed E-state index contributed by atoms with van der Waals surface area (Å²) in [5.41, 5.74) is 9.10. The monoisotopic (exact) mass is 606 g/mol. The molecule has 47 heavy (non-hydrogen) atoms. The summed E-state index contributed by atoms with van der Waals surface area (Å²) < 4.78 is 0. The molecule has 0 radical (unpaired) electrons.